The fraction of sp³-hybridized carbons (Fsp3) is 0.424. The Balaban J connectivity index is 1.15. The molecule has 2 aromatic heterocycles. The van der Waals surface area contributed by atoms with Gasteiger partial charge in [-0.15, -0.1) is 0 Å². The first-order valence-electron chi connectivity index (χ1n) is 15.5. The van der Waals surface area contributed by atoms with Crippen LogP contribution < -0.4 is 25.4 Å². The molecule has 0 spiro atoms. The maximum absolute atomic E-state index is 13.1. The van der Waals surface area contributed by atoms with E-state index in [-0.39, 0.29) is 24.1 Å². The molecule has 2 aromatic carbocycles. The molecule has 240 valence electrons. The summed E-state index contributed by atoms with van der Waals surface area (Å²) in [5.41, 5.74) is 2.21. The first-order chi connectivity index (χ1) is 21.8. The Morgan fingerprint density at radius 3 is 2.60 bits per heavy atom. The third-order valence-corrected chi connectivity index (χ3v) is 8.91. The molecule has 0 bridgehead atoms. The smallest absolute Gasteiger partial charge is 0.319 e. The van der Waals surface area contributed by atoms with Crippen molar-refractivity contribution in [3.8, 4) is 16.6 Å². The number of hydrogen-bond acceptors (Lipinski definition) is 8. The number of thiazole rings is 1. The van der Waals surface area contributed by atoms with Crippen molar-refractivity contribution in [2.24, 2.45) is 0 Å². The molecular formula is C33H42N6O5S. The number of rotatable bonds is 13. The van der Waals surface area contributed by atoms with Crippen LogP contribution in [0.1, 0.15) is 56.3 Å². The van der Waals surface area contributed by atoms with Crippen molar-refractivity contribution in [1.82, 2.24) is 19.8 Å². The van der Waals surface area contributed by atoms with Gasteiger partial charge in [0.25, 0.3) is 5.91 Å². The maximum atomic E-state index is 13.1. The van der Waals surface area contributed by atoms with Gasteiger partial charge in [-0.2, -0.15) is 0 Å². The van der Waals surface area contributed by atoms with E-state index in [0.29, 0.717) is 32.9 Å². The fourth-order valence-corrected chi connectivity index (χ4v) is 6.14. The number of nitrogens with one attached hydrogen (secondary N) is 3. The predicted octanol–water partition coefficient (Wildman–Crippen LogP) is 6.31. The molecule has 1 fully saturated rings. The number of hydrogen-bond donors (Lipinski definition) is 4. The van der Waals surface area contributed by atoms with Crippen molar-refractivity contribution in [2.75, 3.05) is 37.4 Å². The van der Waals surface area contributed by atoms with Crippen LogP contribution in [0.4, 0.5) is 15.6 Å². The molecule has 0 aliphatic carbocycles. The highest BCUT2D eigenvalue weighted by Gasteiger charge is 2.17. The molecule has 0 radical (unpaired) electrons. The standard InChI is InChI=1S/C33H42N6O5S/c1-4-24(5-2)35-32(42)36-25-8-10-28(29(20-25)43-3)44-30-21-34-33(45-30)37-31(41)23-7-9-27-22(19-23)11-18-39(27)15-6-14-38-16-12-26(40)13-17-38/h7-11,18-21,24,26,40H,4-6,12-17H2,1-3H3,(H,34,37,41)(H2,35,36,42). The van der Waals surface area contributed by atoms with Crippen molar-refractivity contribution < 1.29 is 24.2 Å². The fourth-order valence-electron chi connectivity index (χ4n) is 5.46. The number of nitrogens with zero attached hydrogens (tertiary/aromatic N) is 3. The Labute approximate surface area is 267 Å². The molecule has 45 heavy (non-hydrogen) atoms. The van der Waals surface area contributed by atoms with Gasteiger partial charge in [-0.25, -0.2) is 9.78 Å². The number of piperidine rings is 1. The summed E-state index contributed by atoms with van der Waals surface area (Å²) in [5.74, 6) is 0.646. The Morgan fingerprint density at radius 1 is 1.04 bits per heavy atom. The first-order valence-corrected chi connectivity index (χ1v) is 16.4. The number of amides is 3. The number of aromatic nitrogens is 2. The minimum Gasteiger partial charge on any atom is -0.493 e. The number of carbonyl (C=O) groups is 2. The highest BCUT2D eigenvalue weighted by Crippen LogP contribution is 2.37. The normalized spacial score (nSPS) is 14.1. The van der Waals surface area contributed by atoms with Gasteiger partial charge in [-0.3, -0.25) is 10.1 Å². The van der Waals surface area contributed by atoms with Crippen LogP contribution in [0.3, 0.4) is 0 Å². The second-order valence-electron chi connectivity index (χ2n) is 11.2. The number of urea groups is 1. The van der Waals surface area contributed by atoms with Crippen molar-refractivity contribution in [2.45, 2.75) is 64.6 Å². The molecule has 12 heteroatoms. The molecule has 1 saturated heterocycles. The van der Waals surface area contributed by atoms with Crippen molar-refractivity contribution >= 4 is 45.0 Å². The molecule has 0 unspecified atom stereocenters. The van der Waals surface area contributed by atoms with Crippen LogP contribution in [0.15, 0.2) is 54.9 Å². The number of aryl methyl sites for hydroxylation is 1. The number of anilines is 2. The van der Waals surface area contributed by atoms with E-state index in [1.807, 2.05) is 38.1 Å². The molecule has 4 N–H and O–H groups in total. The van der Waals surface area contributed by atoms with Crippen LogP contribution in [0, 0.1) is 0 Å². The summed E-state index contributed by atoms with van der Waals surface area (Å²) in [5, 5.41) is 20.2. The monoisotopic (exact) mass is 634 g/mol. The summed E-state index contributed by atoms with van der Waals surface area (Å²) in [7, 11) is 1.53. The Hall–Kier alpha value is -4.13. The van der Waals surface area contributed by atoms with Crippen LogP contribution in [0.2, 0.25) is 0 Å². The molecule has 3 amide bonds. The molecular weight excluding hydrogens is 592 g/mol. The van der Waals surface area contributed by atoms with Gasteiger partial charge in [-0.05, 0) is 75.0 Å². The zero-order chi connectivity index (χ0) is 31.8. The average molecular weight is 635 g/mol. The highest BCUT2D eigenvalue weighted by molar-refractivity contribution is 7.17. The SMILES string of the molecule is CCC(CC)NC(=O)Nc1ccc(Oc2cnc(NC(=O)c3ccc4c(ccn4CCCN4CCC(O)CC4)c3)s2)c(OC)c1. The van der Waals surface area contributed by atoms with Crippen molar-refractivity contribution in [1.29, 1.82) is 0 Å². The lowest BCUT2D eigenvalue weighted by Crippen LogP contribution is -2.37. The third-order valence-electron chi connectivity index (χ3n) is 8.12. The number of aliphatic hydroxyl groups excluding tert-OH is 1. The Bertz CT molecular complexity index is 1590. The quantitative estimate of drug-likeness (QED) is 0.136. The first kappa shape index (κ1) is 32.3. The molecule has 1 aliphatic heterocycles. The summed E-state index contributed by atoms with van der Waals surface area (Å²) in [4.78, 5) is 32.1. The molecule has 4 aromatic rings. The minimum absolute atomic E-state index is 0.114. The average Bonchev–Trinajstić information content (AvgIpc) is 3.67. The third kappa shape index (κ3) is 8.53. The van der Waals surface area contributed by atoms with Crippen LogP contribution >= 0.6 is 11.3 Å². The van der Waals surface area contributed by atoms with Gasteiger partial charge >= 0.3 is 6.03 Å². The van der Waals surface area contributed by atoms with Crippen LogP contribution in [0.5, 0.6) is 16.6 Å². The van der Waals surface area contributed by atoms with Gasteiger partial charge in [0.15, 0.2) is 16.6 Å². The van der Waals surface area contributed by atoms with Crippen molar-refractivity contribution in [3.63, 3.8) is 0 Å². The summed E-state index contributed by atoms with van der Waals surface area (Å²) in [6.45, 7) is 7.89. The number of carbonyl (C=O) groups excluding carboxylic acids is 2. The van der Waals surface area contributed by atoms with Gasteiger partial charge in [0, 0.05) is 60.1 Å². The highest BCUT2D eigenvalue weighted by atomic mass is 32.1. The zero-order valence-electron chi connectivity index (χ0n) is 26.0. The van der Waals surface area contributed by atoms with E-state index in [1.165, 1.54) is 18.4 Å². The van der Waals surface area contributed by atoms with E-state index in [2.05, 4.69) is 36.6 Å². The number of benzene rings is 2. The lowest BCUT2D eigenvalue weighted by molar-refractivity contribution is 0.0816. The summed E-state index contributed by atoms with van der Waals surface area (Å²) in [6.07, 6.45) is 7.91. The summed E-state index contributed by atoms with van der Waals surface area (Å²) in [6, 6.07) is 12.7. The second kappa shape index (κ2) is 15.2. The Morgan fingerprint density at radius 2 is 1.84 bits per heavy atom. The topological polar surface area (TPSA) is 130 Å². The lowest BCUT2D eigenvalue weighted by Gasteiger charge is -2.29. The molecule has 5 rings (SSSR count). The summed E-state index contributed by atoms with van der Waals surface area (Å²) >= 11 is 1.20. The number of likely N-dealkylation sites (tertiary alicyclic amines) is 1. The molecule has 1 aliphatic rings. The van der Waals surface area contributed by atoms with Gasteiger partial charge in [0.1, 0.15) is 0 Å². The number of ether oxygens (including phenoxy) is 2. The van der Waals surface area contributed by atoms with Gasteiger partial charge < -0.3 is 34.7 Å². The largest absolute Gasteiger partial charge is 0.493 e. The lowest BCUT2D eigenvalue weighted by atomic mass is 10.1. The van der Waals surface area contributed by atoms with Crippen LogP contribution in [-0.2, 0) is 6.54 Å². The van der Waals surface area contributed by atoms with E-state index in [9.17, 15) is 14.7 Å². The predicted molar refractivity (Wildman–Crippen MR) is 178 cm³/mol. The molecule has 0 atom stereocenters. The van der Waals surface area contributed by atoms with Gasteiger partial charge in [0.2, 0.25) is 5.06 Å². The van der Waals surface area contributed by atoms with Gasteiger partial charge in [0.05, 0.1) is 19.4 Å². The molecule has 0 saturated carbocycles. The van der Waals surface area contributed by atoms with Crippen molar-refractivity contribution in [3.05, 3.63) is 60.4 Å². The maximum Gasteiger partial charge on any atom is 0.319 e. The van der Waals surface area contributed by atoms with E-state index >= 15 is 0 Å². The number of methoxy groups -OCH3 is 1. The van der Waals surface area contributed by atoms with Gasteiger partial charge in [-0.1, -0.05) is 25.2 Å². The number of fused-ring (bicyclic) bond motifs is 1. The zero-order valence-corrected chi connectivity index (χ0v) is 26.9. The number of aliphatic hydroxyl groups is 1. The summed E-state index contributed by atoms with van der Waals surface area (Å²) < 4.78 is 13.7. The van der Waals surface area contributed by atoms with Crippen LogP contribution in [-0.4, -0.2) is 70.4 Å². The Kier molecular flexibility index (Phi) is 10.9. The van der Waals surface area contributed by atoms with E-state index in [1.54, 1.807) is 24.4 Å². The second-order valence-corrected chi connectivity index (χ2v) is 12.2. The molecule has 3 heterocycles. The van der Waals surface area contributed by atoms with Crippen LogP contribution in [0.25, 0.3) is 10.9 Å². The van der Waals surface area contributed by atoms with E-state index in [0.717, 1.165) is 69.2 Å². The van der Waals surface area contributed by atoms with E-state index in [4.69, 9.17) is 9.47 Å². The minimum atomic E-state index is -0.273. The van der Waals surface area contributed by atoms with E-state index < -0.39 is 0 Å². The molecule has 11 nitrogen and oxygen atoms in total.